The van der Waals surface area contributed by atoms with E-state index in [4.69, 9.17) is 9.26 Å². The molecule has 26 heavy (non-hydrogen) atoms. The maximum absolute atomic E-state index is 12.8. The van der Waals surface area contributed by atoms with Gasteiger partial charge < -0.3 is 14.6 Å². The van der Waals surface area contributed by atoms with E-state index in [1.807, 2.05) is 49.4 Å². The number of aromatic nitrogens is 2. The van der Waals surface area contributed by atoms with Crippen LogP contribution in [0.4, 0.5) is 5.82 Å². The Kier molecular flexibility index (Phi) is 3.95. The first-order chi connectivity index (χ1) is 12.6. The van der Waals surface area contributed by atoms with Crippen LogP contribution in [-0.2, 0) is 10.2 Å². The smallest absolute Gasteiger partial charge is 0.237 e. The lowest BCUT2D eigenvalue weighted by Crippen LogP contribution is -2.28. The molecule has 1 amide bonds. The molecule has 0 unspecified atom stereocenters. The van der Waals surface area contributed by atoms with E-state index in [0.29, 0.717) is 17.3 Å². The van der Waals surface area contributed by atoms with Crippen LogP contribution >= 0.6 is 0 Å². The SMILES string of the molecule is COc1cccc(-c2cc(C3(C(=O)Nc4ncccc4C)CC3)no2)c1. The molecule has 2 heterocycles. The van der Waals surface area contributed by atoms with Gasteiger partial charge in [0.15, 0.2) is 5.76 Å². The molecule has 1 N–H and O–H groups in total. The highest BCUT2D eigenvalue weighted by molar-refractivity contribution is 6.01. The summed E-state index contributed by atoms with van der Waals surface area (Å²) >= 11 is 0. The second kappa shape index (κ2) is 6.29. The number of benzene rings is 1. The molecular formula is C20H19N3O3. The van der Waals surface area contributed by atoms with Crippen LogP contribution < -0.4 is 10.1 Å². The lowest BCUT2D eigenvalue weighted by Gasteiger charge is -2.13. The van der Waals surface area contributed by atoms with Crippen molar-refractivity contribution in [1.29, 1.82) is 0 Å². The van der Waals surface area contributed by atoms with Crippen molar-refractivity contribution in [3.05, 3.63) is 59.9 Å². The number of rotatable bonds is 5. The number of pyridine rings is 1. The fourth-order valence-electron chi connectivity index (χ4n) is 2.98. The van der Waals surface area contributed by atoms with Crippen molar-refractivity contribution in [2.75, 3.05) is 12.4 Å². The molecule has 132 valence electrons. The monoisotopic (exact) mass is 349 g/mol. The van der Waals surface area contributed by atoms with Gasteiger partial charge in [0, 0.05) is 17.8 Å². The minimum atomic E-state index is -0.634. The third-order valence-electron chi connectivity index (χ3n) is 4.78. The Morgan fingerprint density at radius 3 is 2.81 bits per heavy atom. The standard InChI is InChI=1S/C20H19N3O3/c1-13-5-4-10-21-18(13)22-19(24)20(8-9-20)17-12-16(26-23-17)14-6-3-7-15(11-14)25-2/h3-7,10-12H,8-9H2,1-2H3,(H,21,22,24). The fraction of sp³-hybridized carbons (Fsp3) is 0.250. The summed E-state index contributed by atoms with van der Waals surface area (Å²) in [6.45, 7) is 1.92. The van der Waals surface area contributed by atoms with E-state index in [0.717, 1.165) is 29.7 Å². The van der Waals surface area contributed by atoms with Gasteiger partial charge >= 0.3 is 0 Å². The highest BCUT2D eigenvalue weighted by atomic mass is 16.5. The number of ether oxygens (including phenoxy) is 1. The van der Waals surface area contributed by atoms with E-state index in [2.05, 4.69) is 15.5 Å². The quantitative estimate of drug-likeness (QED) is 0.759. The van der Waals surface area contributed by atoms with Crippen LogP contribution in [-0.4, -0.2) is 23.2 Å². The van der Waals surface area contributed by atoms with Gasteiger partial charge in [-0.1, -0.05) is 23.4 Å². The Morgan fingerprint density at radius 1 is 1.23 bits per heavy atom. The van der Waals surface area contributed by atoms with Crippen molar-refractivity contribution in [2.24, 2.45) is 0 Å². The molecule has 0 radical (unpaired) electrons. The van der Waals surface area contributed by atoms with Gasteiger partial charge in [0.25, 0.3) is 0 Å². The van der Waals surface area contributed by atoms with E-state index in [1.54, 1.807) is 13.3 Å². The molecule has 0 aliphatic heterocycles. The van der Waals surface area contributed by atoms with Gasteiger partial charge in [-0.05, 0) is 43.5 Å². The van der Waals surface area contributed by atoms with Crippen LogP contribution in [0.5, 0.6) is 5.75 Å². The van der Waals surface area contributed by atoms with Gasteiger partial charge in [0.1, 0.15) is 11.6 Å². The predicted octanol–water partition coefficient (Wildman–Crippen LogP) is 3.72. The summed E-state index contributed by atoms with van der Waals surface area (Å²) < 4.78 is 10.7. The molecule has 6 heteroatoms. The largest absolute Gasteiger partial charge is 0.497 e. The number of nitrogens with zero attached hydrogens (tertiary/aromatic N) is 2. The van der Waals surface area contributed by atoms with E-state index in [9.17, 15) is 4.79 Å². The van der Waals surface area contributed by atoms with Crippen molar-refractivity contribution in [2.45, 2.75) is 25.2 Å². The van der Waals surface area contributed by atoms with Gasteiger partial charge in [-0.3, -0.25) is 4.79 Å². The Hall–Kier alpha value is -3.15. The van der Waals surface area contributed by atoms with Crippen LogP contribution in [0.25, 0.3) is 11.3 Å². The molecule has 1 aliphatic carbocycles. The molecule has 3 aromatic rings. The van der Waals surface area contributed by atoms with Crippen LogP contribution in [0.1, 0.15) is 24.1 Å². The number of carbonyl (C=O) groups is 1. The van der Waals surface area contributed by atoms with Crippen molar-refractivity contribution in [3.63, 3.8) is 0 Å². The van der Waals surface area contributed by atoms with E-state index in [-0.39, 0.29) is 5.91 Å². The van der Waals surface area contributed by atoms with E-state index in [1.165, 1.54) is 0 Å². The highest BCUT2D eigenvalue weighted by Gasteiger charge is 2.54. The first kappa shape index (κ1) is 16.3. The first-order valence-corrected chi connectivity index (χ1v) is 8.47. The number of carbonyl (C=O) groups excluding carboxylic acids is 1. The van der Waals surface area contributed by atoms with Crippen LogP contribution in [0.15, 0.2) is 53.2 Å². The van der Waals surface area contributed by atoms with Crippen molar-refractivity contribution in [1.82, 2.24) is 10.1 Å². The Morgan fingerprint density at radius 2 is 2.08 bits per heavy atom. The van der Waals surface area contributed by atoms with E-state index < -0.39 is 5.41 Å². The van der Waals surface area contributed by atoms with Gasteiger partial charge in [-0.15, -0.1) is 0 Å². The number of methoxy groups -OCH3 is 1. The summed E-state index contributed by atoms with van der Waals surface area (Å²) in [5, 5.41) is 7.10. The van der Waals surface area contributed by atoms with Crippen LogP contribution in [0.2, 0.25) is 0 Å². The number of nitrogens with one attached hydrogen (secondary N) is 1. The lowest BCUT2D eigenvalue weighted by molar-refractivity contribution is -0.118. The molecule has 1 aliphatic rings. The molecule has 4 rings (SSSR count). The van der Waals surface area contributed by atoms with E-state index >= 15 is 0 Å². The number of anilines is 1. The molecule has 6 nitrogen and oxygen atoms in total. The zero-order valence-corrected chi connectivity index (χ0v) is 14.7. The maximum Gasteiger partial charge on any atom is 0.237 e. The number of hydrogen-bond acceptors (Lipinski definition) is 5. The predicted molar refractivity (Wildman–Crippen MR) is 97.0 cm³/mol. The van der Waals surface area contributed by atoms with Crippen LogP contribution in [0.3, 0.4) is 0 Å². The zero-order valence-electron chi connectivity index (χ0n) is 14.7. The molecule has 0 spiro atoms. The van der Waals surface area contributed by atoms with Gasteiger partial charge in [-0.25, -0.2) is 4.98 Å². The summed E-state index contributed by atoms with van der Waals surface area (Å²) in [5.41, 5.74) is 1.81. The summed E-state index contributed by atoms with van der Waals surface area (Å²) in [6.07, 6.45) is 3.16. The highest BCUT2D eigenvalue weighted by Crippen LogP contribution is 2.49. The summed E-state index contributed by atoms with van der Waals surface area (Å²) in [5.74, 6) is 1.85. The molecular weight excluding hydrogens is 330 g/mol. The van der Waals surface area contributed by atoms with Crippen molar-refractivity contribution >= 4 is 11.7 Å². The molecule has 0 bridgehead atoms. The number of hydrogen-bond donors (Lipinski definition) is 1. The normalized spacial score (nSPS) is 14.7. The maximum atomic E-state index is 12.8. The van der Waals surface area contributed by atoms with Crippen molar-refractivity contribution < 1.29 is 14.1 Å². The molecule has 1 fully saturated rings. The minimum Gasteiger partial charge on any atom is -0.497 e. The topological polar surface area (TPSA) is 77.2 Å². The number of amides is 1. The average molecular weight is 349 g/mol. The third-order valence-corrected chi connectivity index (χ3v) is 4.78. The molecule has 1 aromatic carbocycles. The van der Waals surface area contributed by atoms with Gasteiger partial charge in [0.2, 0.25) is 5.91 Å². The van der Waals surface area contributed by atoms with Crippen LogP contribution in [0, 0.1) is 6.92 Å². The zero-order chi connectivity index (χ0) is 18.1. The molecule has 0 saturated heterocycles. The Balaban J connectivity index is 1.58. The summed E-state index contributed by atoms with van der Waals surface area (Å²) in [4.78, 5) is 17.1. The first-order valence-electron chi connectivity index (χ1n) is 8.47. The molecule has 2 aromatic heterocycles. The average Bonchev–Trinajstić information content (AvgIpc) is 3.33. The summed E-state index contributed by atoms with van der Waals surface area (Å²) in [6, 6.07) is 13.2. The Bertz CT molecular complexity index is 960. The Labute approximate surface area is 151 Å². The number of aryl methyl sites for hydroxylation is 1. The second-order valence-electron chi connectivity index (χ2n) is 6.51. The van der Waals surface area contributed by atoms with Gasteiger partial charge in [0.05, 0.1) is 18.2 Å². The fourth-order valence-corrected chi connectivity index (χ4v) is 2.98. The third kappa shape index (κ3) is 2.83. The lowest BCUT2D eigenvalue weighted by atomic mass is 10.00. The minimum absolute atomic E-state index is 0.0928. The summed E-state index contributed by atoms with van der Waals surface area (Å²) in [7, 11) is 1.62. The van der Waals surface area contributed by atoms with Crippen molar-refractivity contribution in [3.8, 4) is 17.1 Å². The molecule has 1 saturated carbocycles. The second-order valence-corrected chi connectivity index (χ2v) is 6.51. The van der Waals surface area contributed by atoms with Gasteiger partial charge in [-0.2, -0.15) is 0 Å². The molecule has 0 atom stereocenters.